The largest absolute Gasteiger partial charge is 0.339 e. The highest BCUT2D eigenvalue weighted by Crippen LogP contribution is 2.41. The Morgan fingerprint density at radius 3 is 2.50 bits per heavy atom. The van der Waals surface area contributed by atoms with E-state index in [9.17, 15) is 9.59 Å². The second-order valence-electron chi connectivity index (χ2n) is 7.68. The molecule has 1 heterocycles. The van der Waals surface area contributed by atoms with Crippen molar-refractivity contribution in [2.75, 3.05) is 24.2 Å². The monoisotopic (exact) mass is 449 g/mol. The van der Waals surface area contributed by atoms with E-state index in [0.717, 1.165) is 24.4 Å². The van der Waals surface area contributed by atoms with Gasteiger partial charge < -0.3 is 10.2 Å². The van der Waals surface area contributed by atoms with Gasteiger partial charge in [0.15, 0.2) is 5.16 Å². The van der Waals surface area contributed by atoms with Crippen LogP contribution in [0, 0.1) is 0 Å². The summed E-state index contributed by atoms with van der Waals surface area (Å²) in [6, 6.07) is 17.1. The Balaban J connectivity index is 1.43. The zero-order valence-corrected chi connectivity index (χ0v) is 19.1. The molecule has 1 aliphatic rings. The van der Waals surface area contributed by atoms with Crippen LogP contribution in [-0.2, 0) is 4.79 Å². The number of hydrogen-bond acceptors (Lipinski definition) is 5. The van der Waals surface area contributed by atoms with Gasteiger partial charge in [-0.1, -0.05) is 36.0 Å². The highest BCUT2D eigenvalue weighted by molar-refractivity contribution is 7.99. The molecule has 1 aromatic heterocycles. The molecule has 1 aliphatic carbocycles. The number of carbonyl (C=O) groups excluding carboxylic acids is 2. The Hall–Kier alpha value is -3.13. The van der Waals surface area contributed by atoms with Crippen molar-refractivity contribution in [3.05, 3.63) is 66.0 Å². The maximum atomic E-state index is 12.6. The van der Waals surface area contributed by atoms with Crippen molar-refractivity contribution in [2.45, 2.75) is 37.8 Å². The lowest BCUT2D eigenvalue weighted by Gasteiger charge is -2.19. The zero-order valence-electron chi connectivity index (χ0n) is 18.3. The normalized spacial score (nSPS) is 13.1. The van der Waals surface area contributed by atoms with Gasteiger partial charge in [-0.25, -0.2) is 0 Å². The van der Waals surface area contributed by atoms with Crippen molar-refractivity contribution in [1.82, 2.24) is 19.7 Å². The van der Waals surface area contributed by atoms with Gasteiger partial charge in [-0.05, 0) is 57.0 Å². The molecule has 8 heteroatoms. The molecule has 7 nitrogen and oxygen atoms in total. The van der Waals surface area contributed by atoms with E-state index in [-0.39, 0.29) is 17.6 Å². The third-order valence-electron chi connectivity index (χ3n) is 5.39. The Morgan fingerprint density at radius 2 is 1.81 bits per heavy atom. The number of para-hydroxylation sites is 1. The smallest absolute Gasteiger partial charge is 0.253 e. The van der Waals surface area contributed by atoms with Crippen molar-refractivity contribution in [3.8, 4) is 5.69 Å². The summed E-state index contributed by atoms with van der Waals surface area (Å²) in [6.07, 6.45) is 2.25. The average molecular weight is 450 g/mol. The summed E-state index contributed by atoms with van der Waals surface area (Å²) in [4.78, 5) is 27.0. The van der Waals surface area contributed by atoms with E-state index in [2.05, 4.69) is 20.1 Å². The number of aromatic nitrogens is 3. The standard InChI is InChI=1S/C24H27N5O2S/c1-3-28(4-2)23(31)18-9-8-10-19(15-18)25-21(30)16-32-24-27-26-22(17-13-14-17)29(24)20-11-6-5-7-12-20/h5-12,15,17H,3-4,13-14,16H2,1-2H3,(H,25,30). The molecule has 3 aromatic rings. The summed E-state index contributed by atoms with van der Waals surface area (Å²) in [5.41, 5.74) is 2.18. The van der Waals surface area contributed by atoms with Gasteiger partial charge in [0.1, 0.15) is 5.82 Å². The molecule has 0 atom stereocenters. The molecule has 166 valence electrons. The Morgan fingerprint density at radius 1 is 1.06 bits per heavy atom. The summed E-state index contributed by atoms with van der Waals surface area (Å²) in [7, 11) is 0. The van der Waals surface area contributed by atoms with Crippen LogP contribution in [0.15, 0.2) is 59.8 Å². The van der Waals surface area contributed by atoms with E-state index in [1.54, 1.807) is 29.2 Å². The molecule has 0 bridgehead atoms. The second-order valence-corrected chi connectivity index (χ2v) is 8.62. The molecular weight excluding hydrogens is 422 g/mol. The molecule has 32 heavy (non-hydrogen) atoms. The van der Waals surface area contributed by atoms with E-state index in [1.165, 1.54) is 11.8 Å². The molecule has 0 radical (unpaired) electrons. The molecule has 1 saturated carbocycles. The fourth-order valence-corrected chi connectivity index (χ4v) is 4.31. The topological polar surface area (TPSA) is 80.1 Å². The van der Waals surface area contributed by atoms with Gasteiger partial charge in [0.25, 0.3) is 5.91 Å². The predicted molar refractivity (Wildman–Crippen MR) is 126 cm³/mol. The number of thioether (sulfide) groups is 1. The number of rotatable bonds is 9. The molecule has 2 aromatic carbocycles. The highest BCUT2D eigenvalue weighted by Gasteiger charge is 2.31. The lowest BCUT2D eigenvalue weighted by molar-refractivity contribution is -0.113. The van der Waals surface area contributed by atoms with Crippen molar-refractivity contribution in [1.29, 1.82) is 0 Å². The molecular formula is C24H27N5O2S. The van der Waals surface area contributed by atoms with Crippen LogP contribution in [0.3, 0.4) is 0 Å². The first-order chi connectivity index (χ1) is 15.6. The van der Waals surface area contributed by atoms with Crippen molar-refractivity contribution < 1.29 is 9.59 Å². The average Bonchev–Trinajstić information content (AvgIpc) is 3.58. The number of carbonyl (C=O) groups is 2. The summed E-state index contributed by atoms with van der Waals surface area (Å²) >= 11 is 1.36. The van der Waals surface area contributed by atoms with Crippen LogP contribution in [0.5, 0.6) is 0 Å². The number of nitrogens with zero attached hydrogens (tertiary/aromatic N) is 4. The van der Waals surface area contributed by atoms with E-state index >= 15 is 0 Å². The van der Waals surface area contributed by atoms with Crippen LogP contribution in [0.1, 0.15) is 48.8 Å². The quantitative estimate of drug-likeness (QED) is 0.491. The predicted octanol–water partition coefficient (Wildman–Crippen LogP) is 4.36. The van der Waals surface area contributed by atoms with Crippen molar-refractivity contribution in [3.63, 3.8) is 0 Å². The van der Waals surface area contributed by atoms with E-state index in [0.29, 0.717) is 35.4 Å². The van der Waals surface area contributed by atoms with Gasteiger partial charge in [0.05, 0.1) is 5.75 Å². The van der Waals surface area contributed by atoms with E-state index in [1.807, 2.05) is 44.2 Å². The number of benzene rings is 2. The molecule has 0 aliphatic heterocycles. The molecule has 2 amide bonds. The Kier molecular flexibility index (Phi) is 6.90. The Labute approximate surface area is 192 Å². The minimum atomic E-state index is -0.155. The fraction of sp³-hybridized carbons (Fsp3) is 0.333. The minimum Gasteiger partial charge on any atom is -0.339 e. The highest BCUT2D eigenvalue weighted by atomic mass is 32.2. The van der Waals surface area contributed by atoms with Gasteiger partial charge in [0, 0.05) is 35.9 Å². The number of nitrogens with one attached hydrogen (secondary N) is 1. The molecule has 1 fully saturated rings. The second kappa shape index (κ2) is 9.99. The summed E-state index contributed by atoms with van der Waals surface area (Å²) in [5.74, 6) is 1.41. The third kappa shape index (κ3) is 5.02. The molecule has 4 rings (SSSR count). The lowest BCUT2D eigenvalue weighted by Crippen LogP contribution is -2.30. The molecule has 0 unspecified atom stereocenters. The first-order valence-corrected chi connectivity index (χ1v) is 11.9. The SMILES string of the molecule is CCN(CC)C(=O)c1cccc(NC(=O)CSc2nnc(C3CC3)n2-c2ccccc2)c1. The van der Waals surface area contributed by atoms with Crippen molar-refractivity contribution >= 4 is 29.3 Å². The van der Waals surface area contributed by atoms with Crippen LogP contribution < -0.4 is 5.32 Å². The Bertz CT molecular complexity index is 1090. The van der Waals surface area contributed by atoms with Gasteiger partial charge in [-0.3, -0.25) is 14.2 Å². The van der Waals surface area contributed by atoms with Gasteiger partial charge in [-0.15, -0.1) is 10.2 Å². The van der Waals surface area contributed by atoms with E-state index in [4.69, 9.17) is 0 Å². The first kappa shape index (κ1) is 22.1. The molecule has 1 N–H and O–H groups in total. The third-order valence-corrected chi connectivity index (χ3v) is 6.32. The number of hydrogen-bond donors (Lipinski definition) is 1. The van der Waals surface area contributed by atoms with Crippen LogP contribution >= 0.6 is 11.8 Å². The lowest BCUT2D eigenvalue weighted by atomic mass is 10.1. The van der Waals surface area contributed by atoms with E-state index < -0.39 is 0 Å². The summed E-state index contributed by atoms with van der Waals surface area (Å²) in [5, 5.41) is 12.4. The number of anilines is 1. The maximum absolute atomic E-state index is 12.6. The van der Waals surface area contributed by atoms with Crippen LogP contribution in [0.25, 0.3) is 5.69 Å². The number of amides is 2. The van der Waals surface area contributed by atoms with Gasteiger partial charge in [0.2, 0.25) is 5.91 Å². The zero-order chi connectivity index (χ0) is 22.5. The van der Waals surface area contributed by atoms with Crippen LogP contribution in [0.2, 0.25) is 0 Å². The van der Waals surface area contributed by atoms with Crippen LogP contribution in [0.4, 0.5) is 5.69 Å². The molecule has 0 saturated heterocycles. The minimum absolute atomic E-state index is 0.0379. The maximum Gasteiger partial charge on any atom is 0.253 e. The fourth-order valence-electron chi connectivity index (χ4n) is 3.55. The summed E-state index contributed by atoms with van der Waals surface area (Å²) in [6.45, 7) is 5.20. The molecule has 0 spiro atoms. The van der Waals surface area contributed by atoms with Gasteiger partial charge >= 0.3 is 0 Å². The first-order valence-electron chi connectivity index (χ1n) is 10.9. The summed E-state index contributed by atoms with van der Waals surface area (Å²) < 4.78 is 2.05. The van der Waals surface area contributed by atoms with Crippen molar-refractivity contribution in [2.24, 2.45) is 0 Å². The van der Waals surface area contributed by atoms with Crippen LogP contribution in [-0.4, -0.2) is 50.3 Å². The van der Waals surface area contributed by atoms with Gasteiger partial charge in [-0.2, -0.15) is 0 Å².